The highest BCUT2D eigenvalue weighted by atomic mass is 19.4. The molecule has 0 radical (unpaired) electrons. The van der Waals surface area contributed by atoms with Crippen LogP contribution < -0.4 is 5.32 Å². The Kier molecular flexibility index (Phi) is 7.33. The van der Waals surface area contributed by atoms with E-state index in [1.54, 1.807) is 20.8 Å². The Morgan fingerprint density at radius 2 is 1.84 bits per heavy atom. The molecule has 0 spiro atoms. The lowest BCUT2D eigenvalue weighted by Gasteiger charge is -2.28. The summed E-state index contributed by atoms with van der Waals surface area (Å²) in [6, 6.07) is 3.95. The van der Waals surface area contributed by atoms with Crippen LogP contribution in [0.4, 0.5) is 22.4 Å². The maximum Gasteiger partial charge on any atom is 0.416 e. The highest BCUT2D eigenvalue weighted by Gasteiger charge is 2.42. The van der Waals surface area contributed by atoms with E-state index in [1.807, 2.05) is 0 Å². The maximum atomic E-state index is 13.7. The molecule has 1 N–H and O–H groups in total. The van der Waals surface area contributed by atoms with Crippen LogP contribution in [0, 0.1) is 0 Å². The second-order valence-electron chi connectivity index (χ2n) is 8.62. The maximum absolute atomic E-state index is 13.7. The van der Waals surface area contributed by atoms with Gasteiger partial charge < -0.3 is 15.0 Å². The van der Waals surface area contributed by atoms with E-state index in [0.29, 0.717) is 0 Å². The number of carbonyl (C=O) groups is 3. The molecule has 31 heavy (non-hydrogen) atoms. The van der Waals surface area contributed by atoms with Crippen molar-refractivity contribution in [3.63, 3.8) is 0 Å². The molecule has 1 heterocycles. The van der Waals surface area contributed by atoms with Gasteiger partial charge in [0.2, 0.25) is 5.91 Å². The normalized spacial score (nSPS) is 19.3. The number of ether oxygens (including phenoxy) is 1. The number of benzene rings is 1. The Hall–Kier alpha value is -2.65. The van der Waals surface area contributed by atoms with Gasteiger partial charge in [-0.3, -0.25) is 9.59 Å². The number of amides is 2. The van der Waals surface area contributed by atoms with E-state index < -0.39 is 47.3 Å². The van der Waals surface area contributed by atoms with E-state index >= 15 is 0 Å². The Bertz CT molecular complexity index is 835. The minimum Gasteiger partial charge on any atom is -0.444 e. The lowest BCUT2D eigenvalue weighted by Crippen LogP contribution is -2.53. The number of hydrogen-bond donors (Lipinski definition) is 1. The predicted octanol–water partition coefficient (Wildman–Crippen LogP) is 4.13. The van der Waals surface area contributed by atoms with Crippen molar-refractivity contribution in [3.05, 3.63) is 35.4 Å². The Balaban J connectivity index is 1.93. The number of likely N-dealkylation sites (tertiary alicyclic amines) is 1. The number of nitrogens with zero attached hydrogens (tertiary/aromatic N) is 1. The molecule has 1 saturated heterocycles. The van der Waals surface area contributed by atoms with E-state index in [4.69, 9.17) is 4.74 Å². The van der Waals surface area contributed by atoms with Gasteiger partial charge in [0.1, 0.15) is 12.3 Å². The Morgan fingerprint density at radius 1 is 1.16 bits per heavy atom. The van der Waals surface area contributed by atoms with Crippen molar-refractivity contribution in [3.8, 4) is 0 Å². The van der Waals surface area contributed by atoms with E-state index in [0.717, 1.165) is 18.2 Å². The largest absolute Gasteiger partial charge is 0.444 e. The Morgan fingerprint density at radius 3 is 2.42 bits per heavy atom. The van der Waals surface area contributed by atoms with E-state index in [2.05, 4.69) is 5.32 Å². The standard InChI is InChI=1S/C21H26F4N2O4/c1-19(2,3)31-18(30)27-10-9-20(12-22,13-27)26-17(29)8-7-16(28)14-5-4-6-15(11-14)21(23,24)25/h4-6,11H,7-10,12-13H2,1-3H3,(H,26,29). The fraction of sp³-hybridized carbons (Fsp3) is 0.571. The smallest absolute Gasteiger partial charge is 0.416 e. The number of rotatable bonds is 6. The zero-order chi connectivity index (χ0) is 23.4. The summed E-state index contributed by atoms with van der Waals surface area (Å²) in [5, 5.41) is 2.54. The summed E-state index contributed by atoms with van der Waals surface area (Å²) in [6.07, 6.45) is -5.66. The number of alkyl halides is 4. The predicted molar refractivity (Wildman–Crippen MR) is 104 cm³/mol. The van der Waals surface area contributed by atoms with Crippen molar-refractivity contribution >= 4 is 17.8 Å². The summed E-state index contributed by atoms with van der Waals surface area (Å²) in [4.78, 5) is 38.0. The molecule has 0 saturated carbocycles. The van der Waals surface area contributed by atoms with Gasteiger partial charge in [0, 0.05) is 31.5 Å². The fourth-order valence-corrected chi connectivity index (χ4v) is 3.20. The summed E-state index contributed by atoms with van der Waals surface area (Å²) < 4.78 is 57.4. The average molecular weight is 446 g/mol. The summed E-state index contributed by atoms with van der Waals surface area (Å²) >= 11 is 0. The number of halogens is 4. The van der Waals surface area contributed by atoms with Crippen molar-refractivity contribution in [2.75, 3.05) is 19.8 Å². The molecule has 1 aromatic carbocycles. The van der Waals surface area contributed by atoms with Crippen LogP contribution in [0.25, 0.3) is 0 Å². The van der Waals surface area contributed by atoms with Crippen molar-refractivity contribution in [2.45, 2.75) is 57.3 Å². The molecule has 1 aliphatic heterocycles. The van der Waals surface area contributed by atoms with E-state index in [1.165, 1.54) is 11.0 Å². The third kappa shape index (κ3) is 6.93. The SMILES string of the molecule is CC(C)(C)OC(=O)N1CCC(CF)(NC(=O)CCC(=O)c2cccc(C(F)(F)F)c2)C1. The van der Waals surface area contributed by atoms with Crippen molar-refractivity contribution < 1.29 is 36.7 Å². The van der Waals surface area contributed by atoms with Gasteiger partial charge in [0.05, 0.1) is 11.1 Å². The van der Waals surface area contributed by atoms with Crippen LogP contribution in [-0.4, -0.2) is 53.6 Å². The number of hydrogen-bond acceptors (Lipinski definition) is 4. The van der Waals surface area contributed by atoms with Gasteiger partial charge in [-0.1, -0.05) is 12.1 Å². The molecule has 2 rings (SSSR count). The third-order valence-corrected chi connectivity index (χ3v) is 4.76. The zero-order valence-corrected chi connectivity index (χ0v) is 17.6. The number of nitrogens with one attached hydrogen (secondary N) is 1. The van der Waals surface area contributed by atoms with Crippen LogP contribution in [0.15, 0.2) is 24.3 Å². The van der Waals surface area contributed by atoms with Crippen LogP contribution in [0.2, 0.25) is 0 Å². The van der Waals surface area contributed by atoms with Crippen LogP contribution in [0.1, 0.15) is 56.0 Å². The molecule has 10 heteroatoms. The van der Waals surface area contributed by atoms with Gasteiger partial charge in [-0.2, -0.15) is 13.2 Å². The molecule has 2 amide bonds. The van der Waals surface area contributed by atoms with Gasteiger partial charge in [-0.25, -0.2) is 9.18 Å². The minimum absolute atomic E-state index is 0.0777. The quantitative estimate of drug-likeness (QED) is 0.527. The number of ketones is 1. The van der Waals surface area contributed by atoms with Gasteiger partial charge in [0.15, 0.2) is 5.78 Å². The first-order valence-electron chi connectivity index (χ1n) is 9.80. The molecule has 1 atom stereocenters. The topological polar surface area (TPSA) is 75.7 Å². The molecule has 6 nitrogen and oxygen atoms in total. The van der Waals surface area contributed by atoms with Gasteiger partial charge in [0.25, 0.3) is 0 Å². The molecule has 1 fully saturated rings. The van der Waals surface area contributed by atoms with Crippen molar-refractivity contribution in [2.24, 2.45) is 0 Å². The van der Waals surface area contributed by atoms with Crippen LogP contribution in [0.3, 0.4) is 0 Å². The van der Waals surface area contributed by atoms with Crippen molar-refractivity contribution in [1.82, 2.24) is 10.2 Å². The second-order valence-corrected chi connectivity index (χ2v) is 8.62. The first-order chi connectivity index (χ1) is 14.2. The van der Waals surface area contributed by atoms with Crippen LogP contribution in [0.5, 0.6) is 0 Å². The lowest BCUT2D eigenvalue weighted by molar-refractivity contribution is -0.137. The minimum atomic E-state index is -4.58. The first-order valence-corrected chi connectivity index (χ1v) is 9.80. The van der Waals surface area contributed by atoms with Crippen LogP contribution >= 0.6 is 0 Å². The third-order valence-electron chi connectivity index (χ3n) is 4.76. The molecule has 0 aliphatic carbocycles. The molecule has 0 bridgehead atoms. The van der Waals surface area contributed by atoms with Gasteiger partial charge in [-0.15, -0.1) is 0 Å². The average Bonchev–Trinajstić information content (AvgIpc) is 3.09. The molecule has 172 valence electrons. The highest BCUT2D eigenvalue weighted by molar-refractivity contribution is 5.98. The first kappa shape index (κ1) is 24.6. The van der Waals surface area contributed by atoms with Crippen molar-refractivity contribution in [1.29, 1.82) is 0 Å². The monoisotopic (exact) mass is 446 g/mol. The van der Waals surface area contributed by atoms with E-state index in [-0.39, 0.29) is 37.9 Å². The molecular weight excluding hydrogens is 420 g/mol. The van der Waals surface area contributed by atoms with E-state index in [9.17, 15) is 31.9 Å². The summed E-state index contributed by atoms with van der Waals surface area (Å²) in [7, 11) is 0. The Labute approximate surface area is 177 Å². The number of carbonyl (C=O) groups excluding carboxylic acids is 3. The molecule has 1 aromatic rings. The summed E-state index contributed by atoms with van der Waals surface area (Å²) in [5.41, 5.74) is -3.11. The second kappa shape index (κ2) is 9.23. The number of Topliss-reactive ketones (excluding diaryl/α,β-unsaturated/α-hetero) is 1. The van der Waals surface area contributed by atoms with Gasteiger partial charge >= 0.3 is 12.3 Å². The summed E-state index contributed by atoms with van der Waals surface area (Å²) in [5.74, 6) is -1.25. The highest BCUT2D eigenvalue weighted by Crippen LogP contribution is 2.30. The van der Waals surface area contributed by atoms with Gasteiger partial charge in [-0.05, 0) is 39.3 Å². The lowest BCUT2D eigenvalue weighted by atomic mass is 9.99. The molecule has 1 aliphatic rings. The molecule has 1 unspecified atom stereocenters. The summed E-state index contributed by atoms with van der Waals surface area (Å²) in [6.45, 7) is 4.30. The molecule has 0 aromatic heterocycles. The van der Waals surface area contributed by atoms with Crippen LogP contribution in [-0.2, 0) is 15.7 Å². The fourth-order valence-electron chi connectivity index (χ4n) is 3.20. The molecular formula is C21H26F4N2O4. The zero-order valence-electron chi connectivity index (χ0n) is 17.6.